The van der Waals surface area contributed by atoms with E-state index in [-0.39, 0.29) is 17.9 Å². The number of rotatable bonds is 13. The Balaban J connectivity index is 1.53. The lowest BCUT2D eigenvalue weighted by Gasteiger charge is -2.29. The molecule has 0 aliphatic heterocycles. The van der Waals surface area contributed by atoms with Crippen LogP contribution in [0.25, 0.3) is 11.1 Å². The van der Waals surface area contributed by atoms with Crippen LogP contribution in [-0.2, 0) is 4.74 Å². The largest absolute Gasteiger partial charge is 0.459 e. The molecular formula is C32H45FO2. The Morgan fingerprint density at radius 3 is 2.26 bits per heavy atom. The lowest BCUT2D eigenvalue weighted by atomic mass is 9.77. The molecule has 2 aromatic rings. The van der Waals surface area contributed by atoms with Crippen molar-refractivity contribution in [1.82, 2.24) is 0 Å². The van der Waals surface area contributed by atoms with Gasteiger partial charge in [-0.3, -0.25) is 0 Å². The Labute approximate surface area is 212 Å². The molecule has 3 heteroatoms. The van der Waals surface area contributed by atoms with Gasteiger partial charge in [0.2, 0.25) is 0 Å². The lowest BCUT2D eigenvalue weighted by Crippen LogP contribution is -2.15. The predicted molar refractivity (Wildman–Crippen MR) is 144 cm³/mol. The average molecular weight is 481 g/mol. The van der Waals surface area contributed by atoms with Gasteiger partial charge < -0.3 is 4.74 Å². The van der Waals surface area contributed by atoms with E-state index in [9.17, 15) is 4.79 Å². The highest BCUT2D eigenvalue weighted by atomic mass is 19.1. The fourth-order valence-electron chi connectivity index (χ4n) is 5.44. The monoisotopic (exact) mass is 480 g/mol. The second-order valence-corrected chi connectivity index (χ2v) is 10.6. The second-order valence-electron chi connectivity index (χ2n) is 10.6. The van der Waals surface area contributed by atoms with Gasteiger partial charge in [0.15, 0.2) is 0 Å². The zero-order valence-electron chi connectivity index (χ0n) is 22.2. The van der Waals surface area contributed by atoms with Crippen molar-refractivity contribution in [2.24, 2.45) is 5.92 Å². The van der Waals surface area contributed by atoms with E-state index in [2.05, 4.69) is 19.9 Å². The van der Waals surface area contributed by atoms with Gasteiger partial charge in [0.25, 0.3) is 0 Å². The third-order valence-corrected chi connectivity index (χ3v) is 7.73. The summed E-state index contributed by atoms with van der Waals surface area (Å²) >= 11 is 0. The molecule has 192 valence electrons. The van der Waals surface area contributed by atoms with Gasteiger partial charge in [-0.05, 0) is 86.6 Å². The third kappa shape index (κ3) is 8.47. The molecule has 2 nitrogen and oxygen atoms in total. The summed E-state index contributed by atoms with van der Waals surface area (Å²) < 4.78 is 20.7. The maximum atomic E-state index is 15.1. The molecule has 1 saturated carbocycles. The number of esters is 1. The standard InChI is InChI=1S/C32H45FO2/c1-4-6-8-10-11-24(3)35-32(34)28-19-17-27(18-20-28)30-22-21-29(23-31(30)33)26-15-13-25(14-16-26)12-9-7-5-2/h17-26H,4-16H2,1-3H3/t24?,25-,26-. The van der Waals surface area contributed by atoms with Gasteiger partial charge in [0.05, 0.1) is 11.7 Å². The minimum absolute atomic E-state index is 0.0876. The van der Waals surface area contributed by atoms with Crippen LogP contribution < -0.4 is 0 Å². The number of unbranched alkanes of at least 4 members (excludes halogenated alkanes) is 5. The number of benzene rings is 2. The number of hydrogen-bond donors (Lipinski definition) is 0. The van der Waals surface area contributed by atoms with Gasteiger partial charge in [0.1, 0.15) is 5.82 Å². The van der Waals surface area contributed by atoms with Crippen LogP contribution in [0.15, 0.2) is 42.5 Å². The summed E-state index contributed by atoms with van der Waals surface area (Å²) in [6.07, 6.45) is 15.7. The molecule has 3 rings (SSSR count). The molecule has 1 fully saturated rings. The van der Waals surface area contributed by atoms with Gasteiger partial charge in [-0.2, -0.15) is 0 Å². The van der Waals surface area contributed by atoms with E-state index in [1.54, 1.807) is 18.2 Å². The highest BCUT2D eigenvalue weighted by Gasteiger charge is 2.23. The van der Waals surface area contributed by atoms with E-state index in [1.165, 1.54) is 70.6 Å². The van der Waals surface area contributed by atoms with Crippen molar-refractivity contribution in [2.45, 2.75) is 116 Å². The fourth-order valence-corrected chi connectivity index (χ4v) is 5.44. The Kier molecular flexibility index (Phi) is 11.3. The van der Waals surface area contributed by atoms with Gasteiger partial charge in [-0.25, -0.2) is 9.18 Å². The summed E-state index contributed by atoms with van der Waals surface area (Å²) in [5.74, 6) is 0.850. The van der Waals surface area contributed by atoms with E-state index in [0.29, 0.717) is 17.0 Å². The topological polar surface area (TPSA) is 26.3 Å². The van der Waals surface area contributed by atoms with E-state index in [1.807, 2.05) is 25.1 Å². The molecule has 1 aliphatic carbocycles. The molecule has 35 heavy (non-hydrogen) atoms. The summed E-state index contributed by atoms with van der Waals surface area (Å²) in [4.78, 5) is 12.5. The normalized spacial score (nSPS) is 18.9. The van der Waals surface area contributed by atoms with Crippen molar-refractivity contribution >= 4 is 5.97 Å². The van der Waals surface area contributed by atoms with Crippen LogP contribution in [0.1, 0.15) is 126 Å². The quantitative estimate of drug-likeness (QED) is 0.211. The summed E-state index contributed by atoms with van der Waals surface area (Å²) in [5, 5.41) is 0. The predicted octanol–water partition coefficient (Wildman–Crippen LogP) is 9.86. The average Bonchev–Trinajstić information content (AvgIpc) is 2.87. The van der Waals surface area contributed by atoms with Crippen LogP contribution in [-0.4, -0.2) is 12.1 Å². The number of hydrogen-bond acceptors (Lipinski definition) is 2. The van der Waals surface area contributed by atoms with Gasteiger partial charge >= 0.3 is 5.97 Å². The first-order valence-corrected chi connectivity index (χ1v) is 14.1. The Morgan fingerprint density at radius 1 is 0.914 bits per heavy atom. The molecule has 0 amide bonds. The van der Waals surface area contributed by atoms with Crippen molar-refractivity contribution in [3.05, 3.63) is 59.4 Å². The molecule has 1 atom stereocenters. The maximum Gasteiger partial charge on any atom is 0.338 e. The number of carbonyl (C=O) groups is 1. The molecule has 1 unspecified atom stereocenters. The summed E-state index contributed by atoms with van der Waals surface area (Å²) in [6, 6.07) is 12.9. The molecule has 0 saturated heterocycles. The minimum atomic E-state index is -0.305. The smallest absolute Gasteiger partial charge is 0.338 e. The fraction of sp³-hybridized carbons (Fsp3) is 0.594. The first-order chi connectivity index (χ1) is 17.0. The molecule has 0 radical (unpaired) electrons. The highest BCUT2D eigenvalue weighted by Crippen LogP contribution is 2.39. The zero-order chi connectivity index (χ0) is 25.0. The van der Waals surface area contributed by atoms with E-state index < -0.39 is 0 Å². The van der Waals surface area contributed by atoms with E-state index >= 15 is 4.39 Å². The summed E-state index contributed by atoms with van der Waals surface area (Å²) in [6.45, 7) is 6.40. The van der Waals surface area contributed by atoms with E-state index in [0.717, 1.165) is 29.9 Å². The van der Waals surface area contributed by atoms with Crippen molar-refractivity contribution in [2.75, 3.05) is 0 Å². The van der Waals surface area contributed by atoms with Crippen LogP contribution in [0.4, 0.5) is 4.39 Å². The Morgan fingerprint density at radius 2 is 1.60 bits per heavy atom. The molecule has 2 aromatic carbocycles. The Hall–Kier alpha value is -2.16. The lowest BCUT2D eigenvalue weighted by molar-refractivity contribution is 0.0319. The number of carbonyl (C=O) groups excluding carboxylic acids is 1. The first kappa shape index (κ1) is 27.4. The zero-order valence-corrected chi connectivity index (χ0v) is 22.2. The van der Waals surface area contributed by atoms with Crippen molar-refractivity contribution in [3.63, 3.8) is 0 Å². The number of halogens is 1. The van der Waals surface area contributed by atoms with Crippen LogP contribution >= 0.6 is 0 Å². The number of ether oxygens (including phenoxy) is 1. The van der Waals surface area contributed by atoms with Crippen molar-refractivity contribution in [3.8, 4) is 11.1 Å². The molecular weight excluding hydrogens is 435 g/mol. The first-order valence-electron chi connectivity index (χ1n) is 14.1. The molecule has 0 spiro atoms. The summed E-state index contributed by atoms with van der Waals surface area (Å²) in [5.41, 5.74) is 3.03. The summed E-state index contributed by atoms with van der Waals surface area (Å²) in [7, 11) is 0. The molecule has 0 aromatic heterocycles. The van der Waals surface area contributed by atoms with Crippen LogP contribution in [0, 0.1) is 11.7 Å². The van der Waals surface area contributed by atoms with Gasteiger partial charge in [-0.1, -0.05) is 83.1 Å². The Bertz CT molecular complexity index is 896. The minimum Gasteiger partial charge on any atom is -0.459 e. The van der Waals surface area contributed by atoms with Gasteiger partial charge in [0, 0.05) is 5.56 Å². The van der Waals surface area contributed by atoms with E-state index in [4.69, 9.17) is 4.74 Å². The maximum absolute atomic E-state index is 15.1. The van der Waals surface area contributed by atoms with Crippen molar-refractivity contribution < 1.29 is 13.9 Å². The highest BCUT2D eigenvalue weighted by molar-refractivity contribution is 5.90. The molecule has 0 bridgehead atoms. The van der Waals surface area contributed by atoms with Crippen molar-refractivity contribution in [1.29, 1.82) is 0 Å². The van der Waals surface area contributed by atoms with Gasteiger partial charge in [-0.15, -0.1) is 0 Å². The van der Waals surface area contributed by atoms with Crippen LogP contribution in [0.5, 0.6) is 0 Å². The SMILES string of the molecule is CCCCCCC(C)OC(=O)c1ccc(-c2ccc([C@H]3CC[C@H](CCCCC)CC3)cc2F)cc1. The van der Waals surface area contributed by atoms with Crippen LogP contribution in [0.2, 0.25) is 0 Å². The molecule has 1 aliphatic rings. The van der Waals surface area contributed by atoms with Crippen LogP contribution in [0.3, 0.4) is 0 Å². The third-order valence-electron chi connectivity index (χ3n) is 7.73. The second kappa shape index (κ2) is 14.4. The molecule has 0 heterocycles. The molecule has 0 N–H and O–H groups in total.